The van der Waals surface area contributed by atoms with Crippen LogP contribution in [0.1, 0.15) is 15.9 Å². The van der Waals surface area contributed by atoms with Crippen molar-refractivity contribution in [3.8, 4) is 22.6 Å². The highest BCUT2D eigenvalue weighted by molar-refractivity contribution is 6.39. The van der Waals surface area contributed by atoms with E-state index in [2.05, 4.69) is 4.98 Å². The van der Waals surface area contributed by atoms with Crippen LogP contribution in [0.3, 0.4) is 0 Å². The van der Waals surface area contributed by atoms with Gasteiger partial charge < -0.3 is 9.47 Å². The van der Waals surface area contributed by atoms with Gasteiger partial charge in [-0.15, -0.1) is 0 Å². The van der Waals surface area contributed by atoms with Crippen molar-refractivity contribution in [1.82, 2.24) is 4.98 Å². The Kier molecular flexibility index (Phi) is 3.41. The van der Waals surface area contributed by atoms with Crippen molar-refractivity contribution in [2.45, 2.75) is 0 Å². The fraction of sp³-hybridized carbons (Fsp3) is 0.111. The van der Waals surface area contributed by atoms with E-state index < -0.39 is 0 Å². The summed E-state index contributed by atoms with van der Waals surface area (Å²) < 4.78 is 10.7. The highest BCUT2D eigenvalue weighted by Crippen LogP contribution is 2.49. The molecule has 2 aromatic carbocycles. The lowest BCUT2D eigenvalue weighted by Gasteiger charge is -2.11. The summed E-state index contributed by atoms with van der Waals surface area (Å²) in [7, 11) is 3.03. The highest BCUT2D eigenvalue weighted by Gasteiger charge is 2.35. The molecule has 0 saturated heterocycles. The van der Waals surface area contributed by atoms with Crippen LogP contribution in [-0.2, 0) is 0 Å². The number of ketones is 1. The van der Waals surface area contributed by atoms with Crippen LogP contribution in [0.2, 0.25) is 10.2 Å². The molecule has 3 aromatic rings. The summed E-state index contributed by atoms with van der Waals surface area (Å²) in [5.41, 5.74) is 2.84. The maximum atomic E-state index is 13.1. The largest absolute Gasteiger partial charge is 0.493 e. The van der Waals surface area contributed by atoms with Gasteiger partial charge in [-0.25, -0.2) is 4.98 Å². The number of halogens is 2. The Morgan fingerprint density at radius 1 is 0.958 bits per heavy atom. The molecule has 0 N–H and O–H groups in total. The smallest absolute Gasteiger partial charge is 0.198 e. The van der Waals surface area contributed by atoms with Crippen molar-refractivity contribution >= 4 is 39.9 Å². The molecule has 24 heavy (non-hydrogen) atoms. The van der Waals surface area contributed by atoms with E-state index in [1.165, 1.54) is 14.2 Å². The van der Waals surface area contributed by atoms with E-state index in [4.69, 9.17) is 32.7 Å². The van der Waals surface area contributed by atoms with Gasteiger partial charge in [0.05, 0.1) is 25.3 Å². The van der Waals surface area contributed by atoms with Gasteiger partial charge in [0.1, 0.15) is 5.15 Å². The molecule has 0 amide bonds. The van der Waals surface area contributed by atoms with Crippen LogP contribution in [0.15, 0.2) is 30.3 Å². The second-order valence-electron chi connectivity index (χ2n) is 5.37. The second kappa shape index (κ2) is 5.36. The number of carbonyl (C=O) groups excluding carboxylic acids is 1. The predicted molar refractivity (Wildman–Crippen MR) is 93.7 cm³/mol. The maximum absolute atomic E-state index is 13.1. The maximum Gasteiger partial charge on any atom is 0.198 e. The lowest BCUT2D eigenvalue weighted by Crippen LogP contribution is -2.02. The Morgan fingerprint density at radius 3 is 2.46 bits per heavy atom. The topological polar surface area (TPSA) is 48.4 Å². The molecule has 0 saturated carbocycles. The van der Waals surface area contributed by atoms with E-state index in [1.54, 1.807) is 30.3 Å². The van der Waals surface area contributed by atoms with Gasteiger partial charge >= 0.3 is 0 Å². The van der Waals surface area contributed by atoms with Gasteiger partial charge in [0.25, 0.3) is 0 Å². The van der Waals surface area contributed by atoms with E-state index in [-0.39, 0.29) is 10.9 Å². The van der Waals surface area contributed by atoms with Crippen LogP contribution in [0.5, 0.6) is 11.5 Å². The number of fused-ring (bicyclic) bond motifs is 5. The van der Waals surface area contributed by atoms with E-state index >= 15 is 0 Å². The minimum Gasteiger partial charge on any atom is -0.493 e. The summed E-state index contributed by atoms with van der Waals surface area (Å²) in [4.78, 5) is 17.6. The summed E-state index contributed by atoms with van der Waals surface area (Å²) >= 11 is 12.5. The number of pyridine rings is 1. The zero-order chi connectivity index (χ0) is 17.0. The van der Waals surface area contributed by atoms with Crippen LogP contribution in [0.4, 0.5) is 0 Å². The van der Waals surface area contributed by atoms with Crippen LogP contribution in [0.25, 0.3) is 22.0 Å². The molecule has 0 spiro atoms. The molecular formula is C18H11Cl2NO3. The van der Waals surface area contributed by atoms with Gasteiger partial charge in [-0.3, -0.25) is 4.79 Å². The van der Waals surface area contributed by atoms with Gasteiger partial charge in [0.2, 0.25) is 0 Å². The molecule has 1 aliphatic carbocycles. The van der Waals surface area contributed by atoms with Crippen molar-refractivity contribution in [3.05, 3.63) is 51.6 Å². The second-order valence-corrected chi connectivity index (χ2v) is 6.16. The number of hydrogen-bond acceptors (Lipinski definition) is 4. The molecule has 120 valence electrons. The zero-order valence-electron chi connectivity index (χ0n) is 12.8. The van der Waals surface area contributed by atoms with Crippen molar-refractivity contribution in [3.63, 3.8) is 0 Å². The Hall–Kier alpha value is -2.30. The number of methoxy groups -OCH3 is 2. The SMILES string of the molecule is COc1ccc2c(c1OC)C(=O)c1c-2c(Cl)nc2ccc(Cl)cc12. The zero-order valence-corrected chi connectivity index (χ0v) is 14.3. The molecule has 0 atom stereocenters. The summed E-state index contributed by atoms with van der Waals surface area (Å²) in [6.45, 7) is 0. The minimum atomic E-state index is -0.174. The molecule has 1 aliphatic rings. The first-order valence-electron chi connectivity index (χ1n) is 7.15. The monoisotopic (exact) mass is 359 g/mol. The highest BCUT2D eigenvalue weighted by atomic mass is 35.5. The first-order chi connectivity index (χ1) is 11.6. The van der Waals surface area contributed by atoms with Crippen LogP contribution < -0.4 is 9.47 Å². The van der Waals surface area contributed by atoms with Crippen molar-refractivity contribution < 1.29 is 14.3 Å². The Morgan fingerprint density at radius 2 is 1.75 bits per heavy atom. The average Bonchev–Trinajstić information content (AvgIpc) is 2.89. The summed E-state index contributed by atoms with van der Waals surface area (Å²) in [6, 6.07) is 8.74. The average molecular weight is 360 g/mol. The van der Waals surface area contributed by atoms with Crippen molar-refractivity contribution in [2.24, 2.45) is 0 Å². The molecule has 4 rings (SSSR count). The number of hydrogen-bond donors (Lipinski definition) is 0. The van der Waals surface area contributed by atoms with E-state index in [0.29, 0.717) is 49.7 Å². The fourth-order valence-corrected chi connectivity index (χ4v) is 3.63. The number of benzene rings is 2. The van der Waals surface area contributed by atoms with Crippen LogP contribution in [0, 0.1) is 0 Å². The molecule has 0 bridgehead atoms. The molecule has 0 radical (unpaired) electrons. The Balaban J connectivity index is 2.14. The minimum absolute atomic E-state index is 0.174. The van der Waals surface area contributed by atoms with Crippen molar-refractivity contribution in [1.29, 1.82) is 0 Å². The third-order valence-corrected chi connectivity index (χ3v) is 4.68. The number of carbonyl (C=O) groups is 1. The molecule has 1 heterocycles. The lowest BCUT2D eigenvalue weighted by molar-refractivity contribution is 0.104. The predicted octanol–water partition coefficient (Wildman–Crippen LogP) is 4.77. The van der Waals surface area contributed by atoms with Gasteiger partial charge in [-0.05, 0) is 30.3 Å². The van der Waals surface area contributed by atoms with E-state index in [9.17, 15) is 4.79 Å². The number of nitrogens with zero attached hydrogens (tertiary/aromatic N) is 1. The van der Waals surface area contributed by atoms with Gasteiger partial charge in [0.15, 0.2) is 17.3 Å². The first kappa shape index (κ1) is 15.2. The van der Waals surface area contributed by atoms with Gasteiger partial charge in [0, 0.05) is 27.1 Å². The molecule has 6 heteroatoms. The number of rotatable bonds is 2. The Bertz CT molecular complexity index is 1030. The van der Waals surface area contributed by atoms with Crippen molar-refractivity contribution in [2.75, 3.05) is 14.2 Å². The lowest BCUT2D eigenvalue weighted by atomic mass is 10.0. The molecule has 0 unspecified atom stereocenters. The third kappa shape index (κ3) is 1.93. The standard InChI is InChI=1S/C18H11Cl2NO3/c1-23-12-6-4-9-14-13(16(22)15(9)17(12)24-2)10-7-8(19)3-5-11(10)21-18(14)20/h3-7H,1-2H3. The van der Waals surface area contributed by atoms with E-state index in [1.807, 2.05) is 0 Å². The Labute approximate surface area is 147 Å². The van der Waals surface area contributed by atoms with Gasteiger partial charge in [-0.2, -0.15) is 0 Å². The summed E-state index contributed by atoms with van der Waals surface area (Å²) in [6.07, 6.45) is 0. The van der Waals surface area contributed by atoms with Gasteiger partial charge in [-0.1, -0.05) is 23.2 Å². The fourth-order valence-electron chi connectivity index (χ4n) is 3.17. The third-order valence-electron chi connectivity index (χ3n) is 4.17. The molecule has 4 nitrogen and oxygen atoms in total. The summed E-state index contributed by atoms with van der Waals surface area (Å²) in [5, 5.41) is 1.48. The first-order valence-corrected chi connectivity index (χ1v) is 7.91. The van der Waals surface area contributed by atoms with Crippen LogP contribution in [-0.4, -0.2) is 25.0 Å². The van der Waals surface area contributed by atoms with E-state index in [0.717, 1.165) is 0 Å². The molecule has 0 fully saturated rings. The number of ether oxygens (including phenoxy) is 2. The normalized spacial score (nSPS) is 12.2. The summed E-state index contributed by atoms with van der Waals surface area (Å²) in [5.74, 6) is 0.707. The molecule has 1 aromatic heterocycles. The molecular weight excluding hydrogens is 349 g/mol. The molecule has 0 aliphatic heterocycles. The number of aromatic nitrogens is 1. The quantitative estimate of drug-likeness (QED) is 0.483. The van der Waals surface area contributed by atoms with Crippen LogP contribution >= 0.6 is 23.2 Å².